The van der Waals surface area contributed by atoms with E-state index in [9.17, 15) is 15.2 Å². The summed E-state index contributed by atoms with van der Waals surface area (Å²) >= 11 is 0. The Morgan fingerprint density at radius 2 is 1.83 bits per heavy atom. The first-order valence-electron chi connectivity index (χ1n) is 7.07. The summed E-state index contributed by atoms with van der Waals surface area (Å²) in [5.74, 6) is 0.815. The second kappa shape index (κ2) is 5.31. The van der Waals surface area contributed by atoms with Gasteiger partial charge in [0.25, 0.3) is 5.69 Å². The third kappa shape index (κ3) is 2.28. The van der Waals surface area contributed by atoms with Gasteiger partial charge in [-0.25, -0.2) is 0 Å². The van der Waals surface area contributed by atoms with Crippen LogP contribution in [0.5, 0.6) is 11.5 Å². The molecule has 0 aliphatic heterocycles. The fourth-order valence-corrected chi connectivity index (χ4v) is 2.84. The van der Waals surface area contributed by atoms with E-state index in [0.29, 0.717) is 27.9 Å². The van der Waals surface area contributed by atoms with Crippen molar-refractivity contribution in [1.82, 2.24) is 4.57 Å². The molecule has 0 atom stereocenters. The fraction of sp³-hybridized carbons (Fsp3) is 0.176. The number of hydrogen-bond acceptors (Lipinski definition) is 4. The van der Waals surface area contributed by atoms with Gasteiger partial charge in [-0.3, -0.25) is 10.1 Å². The largest absolute Gasteiger partial charge is 0.508 e. The molecule has 0 spiro atoms. The third-order valence-electron chi connectivity index (χ3n) is 4.00. The average molecular weight is 312 g/mol. The minimum absolute atomic E-state index is 0.0546. The Labute approximate surface area is 132 Å². The number of aromatic hydroxyl groups is 1. The van der Waals surface area contributed by atoms with Crippen molar-refractivity contribution in [1.29, 1.82) is 0 Å². The van der Waals surface area contributed by atoms with Crippen LogP contribution in [-0.4, -0.2) is 21.7 Å². The lowest BCUT2D eigenvalue weighted by molar-refractivity contribution is -0.383. The SMILES string of the molecule is COc1ccc(-n2c(C)c([N+](=O)[O-])c3cc(C)c(O)cc32)cc1. The summed E-state index contributed by atoms with van der Waals surface area (Å²) in [6.45, 7) is 3.42. The fourth-order valence-electron chi connectivity index (χ4n) is 2.84. The molecule has 1 N–H and O–H groups in total. The molecule has 0 fully saturated rings. The molecule has 1 heterocycles. The van der Waals surface area contributed by atoms with Gasteiger partial charge in [-0.05, 0) is 49.7 Å². The van der Waals surface area contributed by atoms with Crippen molar-refractivity contribution in [3.8, 4) is 17.2 Å². The molecule has 0 saturated carbocycles. The van der Waals surface area contributed by atoms with E-state index in [0.717, 1.165) is 5.69 Å². The van der Waals surface area contributed by atoms with E-state index in [4.69, 9.17) is 4.74 Å². The van der Waals surface area contributed by atoms with E-state index < -0.39 is 0 Å². The number of phenols is 1. The molecular weight excluding hydrogens is 296 g/mol. The van der Waals surface area contributed by atoms with Gasteiger partial charge in [0, 0.05) is 11.8 Å². The summed E-state index contributed by atoms with van der Waals surface area (Å²) in [6.07, 6.45) is 0. The number of aromatic nitrogens is 1. The molecule has 0 aliphatic rings. The highest BCUT2D eigenvalue weighted by molar-refractivity contribution is 5.94. The van der Waals surface area contributed by atoms with Gasteiger partial charge in [0.1, 0.15) is 11.5 Å². The molecule has 0 bridgehead atoms. The summed E-state index contributed by atoms with van der Waals surface area (Å²) in [6, 6.07) is 10.4. The molecule has 3 rings (SSSR count). The second-order valence-electron chi connectivity index (χ2n) is 5.38. The molecule has 118 valence electrons. The number of fused-ring (bicyclic) bond motifs is 1. The van der Waals surface area contributed by atoms with Crippen LogP contribution in [0.3, 0.4) is 0 Å². The summed E-state index contributed by atoms with van der Waals surface area (Å²) < 4.78 is 6.91. The summed E-state index contributed by atoms with van der Waals surface area (Å²) in [5.41, 5.74) is 2.54. The predicted octanol–water partition coefficient (Wildman–Crippen LogP) is 3.87. The molecular formula is C17H16N2O4. The molecule has 1 aromatic heterocycles. The Hall–Kier alpha value is -3.02. The number of nitrogens with zero attached hydrogens (tertiary/aromatic N) is 2. The molecule has 0 aliphatic carbocycles. The summed E-state index contributed by atoms with van der Waals surface area (Å²) in [4.78, 5) is 11.1. The van der Waals surface area contributed by atoms with E-state index in [1.807, 2.05) is 12.1 Å². The van der Waals surface area contributed by atoms with Gasteiger partial charge in [-0.1, -0.05) is 0 Å². The molecule has 23 heavy (non-hydrogen) atoms. The van der Waals surface area contributed by atoms with Gasteiger partial charge >= 0.3 is 0 Å². The van der Waals surface area contributed by atoms with E-state index >= 15 is 0 Å². The van der Waals surface area contributed by atoms with Crippen LogP contribution in [0.2, 0.25) is 0 Å². The maximum absolute atomic E-state index is 11.5. The zero-order valence-electron chi connectivity index (χ0n) is 13.0. The Bertz CT molecular complexity index is 911. The van der Waals surface area contributed by atoms with Crippen LogP contribution < -0.4 is 4.74 Å². The van der Waals surface area contributed by atoms with E-state index in [2.05, 4.69) is 0 Å². The topological polar surface area (TPSA) is 77.5 Å². The maximum atomic E-state index is 11.5. The Balaban J connectivity index is 2.37. The Kier molecular flexibility index (Phi) is 3.44. The number of nitro groups is 1. The van der Waals surface area contributed by atoms with Crippen molar-refractivity contribution >= 4 is 16.6 Å². The lowest BCUT2D eigenvalue weighted by Gasteiger charge is -2.09. The first kappa shape index (κ1) is 14.9. The first-order valence-corrected chi connectivity index (χ1v) is 7.07. The van der Waals surface area contributed by atoms with Crippen LogP contribution in [0.1, 0.15) is 11.3 Å². The third-order valence-corrected chi connectivity index (χ3v) is 4.00. The number of phenolic OH excluding ortho intramolecular Hbond substituents is 1. The highest BCUT2D eigenvalue weighted by Crippen LogP contribution is 2.38. The predicted molar refractivity (Wildman–Crippen MR) is 87.6 cm³/mol. The van der Waals surface area contributed by atoms with Crippen molar-refractivity contribution < 1.29 is 14.8 Å². The average Bonchev–Trinajstić information content (AvgIpc) is 2.79. The molecule has 6 heteroatoms. The molecule has 0 amide bonds. The van der Waals surface area contributed by atoms with Crippen molar-refractivity contribution in [2.24, 2.45) is 0 Å². The zero-order chi connectivity index (χ0) is 16.7. The lowest BCUT2D eigenvalue weighted by atomic mass is 10.1. The molecule has 0 unspecified atom stereocenters. The van der Waals surface area contributed by atoms with Gasteiger partial charge in [0.05, 0.1) is 28.6 Å². The minimum Gasteiger partial charge on any atom is -0.508 e. The van der Waals surface area contributed by atoms with Crippen LogP contribution in [0.4, 0.5) is 5.69 Å². The van der Waals surface area contributed by atoms with E-state index in [1.165, 1.54) is 0 Å². The molecule has 2 aromatic carbocycles. The van der Waals surface area contributed by atoms with Gasteiger partial charge in [-0.2, -0.15) is 0 Å². The van der Waals surface area contributed by atoms with Crippen LogP contribution in [0, 0.1) is 24.0 Å². The Morgan fingerprint density at radius 3 is 2.39 bits per heavy atom. The van der Waals surface area contributed by atoms with Crippen molar-refractivity contribution in [3.63, 3.8) is 0 Å². The first-order chi connectivity index (χ1) is 10.9. The number of rotatable bonds is 3. The monoisotopic (exact) mass is 312 g/mol. The van der Waals surface area contributed by atoms with Gasteiger partial charge in [0.2, 0.25) is 0 Å². The van der Waals surface area contributed by atoms with Crippen LogP contribution in [0.25, 0.3) is 16.6 Å². The highest BCUT2D eigenvalue weighted by Gasteiger charge is 2.24. The number of methoxy groups -OCH3 is 1. The normalized spacial score (nSPS) is 10.9. The van der Waals surface area contributed by atoms with Crippen LogP contribution in [-0.2, 0) is 0 Å². The highest BCUT2D eigenvalue weighted by atomic mass is 16.6. The quantitative estimate of drug-likeness (QED) is 0.588. The van der Waals surface area contributed by atoms with Gasteiger partial charge in [0.15, 0.2) is 0 Å². The second-order valence-corrected chi connectivity index (χ2v) is 5.38. The van der Waals surface area contributed by atoms with Crippen molar-refractivity contribution in [2.45, 2.75) is 13.8 Å². The minimum atomic E-state index is -0.381. The molecule has 3 aromatic rings. The maximum Gasteiger partial charge on any atom is 0.298 e. The van der Waals surface area contributed by atoms with Crippen molar-refractivity contribution in [2.75, 3.05) is 7.11 Å². The number of hydrogen-bond donors (Lipinski definition) is 1. The smallest absolute Gasteiger partial charge is 0.298 e. The lowest BCUT2D eigenvalue weighted by Crippen LogP contribution is -1.98. The van der Waals surface area contributed by atoms with Crippen LogP contribution >= 0.6 is 0 Å². The number of ether oxygens (including phenoxy) is 1. The zero-order valence-corrected chi connectivity index (χ0v) is 13.0. The summed E-state index contributed by atoms with van der Waals surface area (Å²) in [7, 11) is 1.58. The van der Waals surface area contributed by atoms with Crippen LogP contribution in [0.15, 0.2) is 36.4 Å². The standard InChI is InChI=1S/C17H16N2O4/c1-10-8-14-15(9-16(10)20)18(11(2)17(14)19(21)22)12-4-6-13(23-3)7-5-12/h4-9,20H,1-3H3. The number of benzene rings is 2. The van der Waals surface area contributed by atoms with Gasteiger partial charge < -0.3 is 14.4 Å². The van der Waals surface area contributed by atoms with Crippen molar-refractivity contribution in [3.05, 3.63) is 57.8 Å². The Morgan fingerprint density at radius 1 is 1.17 bits per heavy atom. The molecule has 6 nitrogen and oxygen atoms in total. The molecule has 0 radical (unpaired) electrons. The number of aryl methyl sites for hydroxylation is 1. The van der Waals surface area contributed by atoms with E-state index in [-0.39, 0.29) is 16.4 Å². The molecule has 0 saturated heterocycles. The summed E-state index contributed by atoms with van der Waals surface area (Å²) in [5, 5.41) is 22.0. The van der Waals surface area contributed by atoms with E-state index in [1.54, 1.807) is 49.8 Å². The van der Waals surface area contributed by atoms with Gasteiger partial charge in [-0.15, -0.1) is 0 Å².